The number of likely N-dealkylation sites (tertiary alicyclic amines) is 1. The molecule has 4 fully saturated rings. The zero-order valence-electron chi connectivity index (χ0n) is 23.8. The lowest BCUT2D eigenvalue weighted by Crippen LogP contribution is -2.56. The third-order valence-corrected chi connectivity index (χ3v) is 9.43. The van der Waals surface area contributed by atoms with E-state index in [-0.39, 0.29) is 23.2 Å². The Morgan fingerprint density at radius 3 is 2.45 bits per heavy atom. The van der Waals surface area contributed by atoms with Crippen molar-refractivity contribution < 1.29 is 9.59 Å². The van der Waals surface area contributed by atoms with Crippen LogP contribution in [0.2, 0.25) is 0 Å². The first-order chi connectivity index (χ1) is 19.3. The summed E-state index contributed by atoms with van der Waals surface area (Å²) in [5.41, 5.74) is 8.16. The van der Waals surface area contributed by atoms with E-state index in [2.05, 4.69) is 51.3 Å². The minimum atomic E-state index is -0.619. The van der Waals surface area contributed by atoms with Crippen molar-refractivity contribution in [1.82, 2.24) is 24.7 Å². The predicted octanol–water partition coefficient (Wildman–Crippen LogP) is 3.56. The number of aromatic nitrogens is 2. The second-order valence-electron chi connectivity index (χ2n) is 12.3. The van der Waals surface area contributed by atoms with E-state index < -0.39 is 5.91 Å². The molecule has 1 atom stereocenters. The number of anilines is 3. The number of urea groups is 1. The van der Waals surface area contributed by atoms with Crippen LogP contribution in [0.1, 0.15) is 67.9 Å². The highest BCUT2D eigenvalue weighted by molar-refractivity contribution is 5.96. The van der Waals surface area contributed by atoms with Gasteiger partial charge in [0.25, 0.3) is 5.91 Å². The number of primary amides is 1. The second-order valence-corrected chi connectivity index (χ2v) is 12.3. The molecule has 1 saturated carbocycles. The van der Waals surface area contributed by atoms with E-state index in [9.17, 15) is 9.59 Å². The summed E-state index contributed by atoms with van der Waals surface area (Å²) in [5, 5.41) is 3.31. The van der Waals surface area contributed by atoms with E-state index in [0.717, 1.165) is 50.6 Å². The van der Waals surface area contributed by atoms with Crippen molar-refractivity contribution in [3.05, 3.63) is 41.7 Å². The van der Waals surface area contributed by atoms with E-state index in [4.69, 9.17) is 10.7 Å². The number of benzene rings is 1. The van der Waals surface area contributed by atoms with Crippen molar-refractivity contribution in [2.24, 2.45) is 5.73 Å². The molecule has 3 aliphatic heterocycles. The van der Waals surface area contributed by atoms with Crippen LogP contribution in [0, 0.1) is 0 Å². The van der Waals surface area contributed by atoms with Gasteiger partial charge in [-0.25, -0.2) is 14.8 Å². The van der Waals surface area contributed by atoms with E-state index in [0.29, 0.717) is 18.2 Å². The van der Waals surface area contributed by atoms with Crippen LogP contribution in [-0.2, 0) is 5.41 Å². The summed E-state index contributed by atoms with van der Waals surface area (Å²) in [7, 11) is 1.87. The van der Waals surface area contributed by atoms with Gasteiger partial charge in [-0.3, -0.25) is 4.79 Å². The van der Waals surface area contributed by atoms with Crippen molar-refractivity contribution in [1.29, 1.82) is 0 Å². The van der Waals surface area contributed by atoms with Gasteiger partial charge in [0.05, 0.1) is 12.2 Å². The molecule has 4 aliphatic rings. The fourth-order valence-corrected chi connectivity index (χ4v) is 6.65. The summed E-state index contributed by atoms with van der Waals surface area (Å²) in [5.74, 6) is 0.422. The highest BCUT2D eigenvalue weighted by Gasteiger charge is 2.37. The molecule has 1 aliphatic carbocycles. The average molecular weight is 547 g/mol. The highest BCUT2D eigenvalue weighted by Crippen LogP contribution is 2.39. The van der Waals surface area contributed by atoms with E-state index in [1.165, 1.54) is 44.3 Å². The van der Waals surface area contributed by atoms with Gasteiger partial charge in [-0.1, -0.05) is 19.1 Å². The number of nitrogens with one attached hydrogen (secondary N) is 1. The lowest BCUT2D eigenvalue weighted by atomic mass is 9.74. The average Bonchev–Trinajstić information content (AvgIpc) is 3.81. The standard InChI is InChI=1S/C30H42N8O2/c1-30(12-17-36(18-13-30)23-10-11-23)21-6-8-22(9-7-21)33-28-26(27(31)39)32-19-25(34-28)37-15-3-5-24(20-37)38-16-4-14-35(2)29(38)40/h6-9,19,23-24H,3-5,10-18,20H2,1-2H3,(H2,31,39)(H,33,34). The lowest BCUT2D eigenvalue weighted by Gasteiger charge is -2.43. The quantitative estimate of drug-likeness (QED) is 0.546. The smallest absolute Gasteiger partial charge is 0.320 e. The summed E-state index contributed by atoms with van der Waals surface area (Å²) < 4.78 is 0. The first kappa shape index (κ1) is 26.8. The summed E-state index contributed by atoms with van der Waals surface area (Å²) in [6.07, 6.45) is 9.60. The maximum atomic E-state index is 12.8. The van der Waals surface area contributed by atoms with Gasteiger partial charge in [-0.05, 0) is 81.1 Å². The first-order valence-electron chi connectivity index (χ1n) is 14.9. The molecule has 3 N–H and O–H groups in total. The van der Waals surface area contributed by atoms with Gasteiger partial charge in [0.2, 0.25) is 0 Å². The van der Waals surface area contributed by atoms with Crippen molar-refractivity contribution >= 4 is 29.3 Å². The van der Waals surface area contributed by atoms with E-state index in [1.54, 1.807) is 11.1 Å². The molecule has 3 saturated heterocycles. The zero-order valence-corrected chi connectivity index (χ0v) is 23.8. The number of carbonyl (C=O) groups is 2. The molecular weight excluding hydrogens is 504 g/mol. The van der Waals surface area contributed by atoms with Crippen LogP contribution in [-0.4, -0.2) is 95.0 Å². The third kappa shape index (κ3) is 5.46. The summed E-state index contributed by atoms with van der Waals surface area (Å²) in [6, 6.07) is 9.56. The van der Waals surface area contributed by atoms with Crippen molar-refractivity contribution in [3.8, 4) is 0 Å². The Balaban J connectivity index is 1.16. The Labute approximate surface area is 236 Å². The molecule has 0 bridgehead atoms. The monoisotopic (exact) mass is 546 g/mol. The molecule has 4 heterocycles. The first-order valence-corrected chi connectivity index (χ1v) is 14.9. The van der Waals surface area contributed by atoms with Crippen LogP contribution in [0.4, 0.5) is 22.1 Å². The molecule has 0 spiro atoms. The number of carbonyl (C=O) groups excluding carboxylic acids is 2. The molecule has 1 aromatic heterocycles. The fourth-order valence-electron chi connectivity index (χ4n) is 6.65. The van der Waals surface area contributed by atoms with Crippen LogP contribution < -0.4 is 16.0 Å². The third-order valence-electron chi connectivity index (χ3n) is 9.43. The molecule has 1 unspecified atom stereocenters. The maximum absolute atomic E-state index is 12.8. The SMILES string of the molecule is CN1CCCN(C2CCCN(c3cnc(C(N)=O)c(Nc4ccc(C5(C)CCN(C6CC6)CC5)cc4)n3)C2)C1=O. The number of piperidine rings is 2. The van der Waals surface area contributed by atoms with E-state index in [1.807, 2.05) is 11.9 Å². The summed E-state index contributed by atoms with van der Waals surface area (Å²) in [6.45, 7) is 7.83. The molecule has 2 aromatic rings. The molecule has 3 amide bonds. The Hall–Kier alpha value is -3.40. The van der Waals surface area contributed by atoms with Gasteiger partial charge in [-0.2, -0.15) is 0 Å². The van der Waals surface area contributed by atoms with Gasteiger partial charge in [0.1, 0.15) is 5.82 Å². The van der Waals surface area contributed by atoms with Gasteiger partial charge in [0, 0.05) is 45.0 Å². The number of amides is 3. The molecule has 10 heteroatoms. The Morgan fingerprint density at radius 1 is 1.00 bits per heavy atom. The predicted molar refractivity (Wildman–Crippen MR) is 156 cm³/mol. The largest absolute Gasteiger partial charge is 0.364 e. The summed E-state index contributed by atoms with van der Waals surface area (Å²) >= 11 is 0. The van der Waals surface area contributed by atoms with Crippen LogP contribution in [0.15, 0.2) is 30.5 Å². The van der Waals surface area contributed by atoms with Gasteiger partial charge in [-0.15, -0.1) is 0 Å². The summed E-state index contributed by atoms with van der Waals surface area (Å²) in [4.78, 5) is 42.8. The number of nitrogens with zero attached hydrogens (tertiary/aromatic N) is 6. The Bertz CT molecular complexity index is 1240. The molecule has 1 aromatic carbocycles. The van der Waals surface area contributed by atoms with Gasteiger partial charge < -0.3 is 30.7 Å². The van der Waals surface area contributed by atoms with Crippen molar-refractivity contribution in [2.75, 3.05) is 56.5 Å². The molecular formula is C30H42N8O2. The topological polar surface area (TPSA) is 111 Å². The van der Waals surface area contributed by atoms with Crippen LogP contribution in [0.3, 0.4) is 0 Å². The molecule has 10 nitrogen and oxygen atoms in total. The van der Waals surface area contributed by atoms with Gasteiger partial charge >= 0.3 is 6.03 Å². The number of hydrogen-bond donors (Lipinski definition) is 2. The fraction of sp³-hybridized carbons (Fsp3) is 0.600. The number of rotatable bonds is 7. The van der Waals surface area contributed by atoms with Gasteiger partial charge in [0.15, 0.2) is 11.5 Å². The van der Waals surface area contributed by atoms with Crippen LogP contribution in [0.5, 0.6) is 0 Å². The maximum Gasteiger partial charge on any atom is 0.320 e. The molecule has 40 heavy (non-hydrogen) atoms. The number of nitrogens with two attached hydrogens (primary N) is 1. The molecule has 214 valence electrons. The van der Waals surface area contributed by atoms with Crippen LogP contribution in [0.25, 0.3) is 0 Å². The highest BCUT2D eigenvalue weighted by atomic mass is 16.2. The van der Waals surface area contributed by atoms with Crippen LogP contribution >= 0.6 is 0 Å². The van der Waals surface area contributed by atoms with Crippen molar-refractivity contribution in [3.63, 3.8) is 0 Å². The zero-order chi connectivity index (χ0) is 27.9. The normalized spacial score (nSPS) is 23.8. The molecule has 6 rings (SSSR count). The second kappa shape index (κ2) is 10.9. The lowest BCUT2D eigenvalue weighted by molar-refractivity contribution is 0.0995. The minimum Gasteiger partial charge on any atom is -0.364 e. The molecule has 0 radical (unpaired) electrons. The Morgan fingerprint density at radius 2 is 1.75 bits per heavy atom. The minimum absolute atomic E-state index is 0.0985. The van der Waals surface area contributed by atoms with Crippen molar-refractivity contribution in [2.45, 2.75) is 69.4 Å². The number of hydrogen-bond acceptors (Lipinski definition) is 7. The Kier molecular flexibility index (Phi) is 7.29. The van der Waals surface area contributed by atoms with E-state index >= 15 is 0 Å².